The molecule has 0 aliphatic carbocycles. The predicted octanol–water partition coefficient (Wildman–Crippen LogP) is 2.23. The van der Waals surface area contributed by atoms with Crippen molar-refractivity contribution in [2.45, 2.75) is 12.8 Å². The Hall–Kier alpha value is -1.81. The normalized spacial score (nSPS) is 10.6. The molecule has 0 bridgehead atoms. The lowest BCUT2D eigenvalue weighted by Gasteiger charge is -2.00. The predicted molar refractivity (Wildman–Crippen MR) is 69.1 cm³/mol. The van der Waals surface area contributed by atoms with Crippen LogP contribution in [0.1, 0.15) is 28.8 Å². The first kappa shape index (κ1) is 14.3. The van der Waals surface area contributed by atoms with E-state index in [1.807, 2.05) is 18.2 Å². The molecule has 4 nitrogen and oxygen atoms in total. The third kappa shape index (κ3) is 5.01. The number of carbonyl (C=O) groups excluding carboxylic acids is 1. The monoisotopic (exact) mass is 250 g/mol. The third-order valence-electron chi connectivity index (χ3n) is 2.36. The third-order valence-corrected chi connectivity index (χ3v) is 2.36. The van der Waals surface area contributed by atoms with Crippen LogP contribution >= 0.6 is 0 Å². The zero-order chi connectivity index (χ0) is 13.2. The Morgan fingerprint density at radius 2 is 2.00 bits per heavy atom. The fourth-order valence-electron chi connectivity index (χ4n) is 1.34. The number of aliphatic hydroxyl groups is 1. The van der Waals surface area contributed by atoms with Gasteiger partial charge in [0, 0.05) is 6.61 Å². The van der Waals surface area contributed by atoms with Crippen molar-refractivity contribution in [2.75, 3.05) is 20.3 Å². The molecule has 1 aromatic carbocycles. The van der Waals surface area contributed by atoms with Crippen molar-refractivity contribution >= 4 is 12.0 Å². The lowest BCUT2D eigenvalue weighted by atomic mass is 10.1. The minimum atomic E-state index is -0.342. The van der Waals surface area contributed by atoms with Crippen LogP contribution in [0.4, 0.5) is 0 Å². The molecule has 1 N–H and O–H groups in total. The molecule has 4 heteroatoms. The number of rotatable bonds is 7. The van der Waals surface area contributed by atoms with Crippen molar-refractivity contribution < 1.29 is 19.4 Å². The molecule has 0 aromatic heterocycles. The van der Waals surface area contributed by atoms with E-state index < -0.39 is 0 Å². The van der Waals surface area contributed by atoms with Crippen LogP contribution in [0.25, 0.3) is 6.08 Å². The molecule has 0 saturated heterocycles. The van der Waals surface area contributed by atoms with Gasteiger partial charge in [0.25, 0.3) is 0 Å². The molecule has 1 aromatic rings. The second kappa shape index (κ2) is 8.31. The summed E-state index contributed by atoms with van der Waals surface area (Å²) in [5, 5.41) is 8.58. The van der Waals surface area contributed by atoms with Crippen LogP contribution in [0.15, 0.2) is 30.5 Å². The molecular formula is C14H18O4. The van der Waals surface area contributed by atoms with E-state index in [-0.39, 0.29) is 12.6 Å². The summed E-state index contributed by atoms with van der Waals surface area (Å²) in [4.78, 5) is 11.2. The summed E-state index contributed by atoms with van der Waals surface area (Å²) in [5.41, 5.74) is 1.48. The standard InChI is InChI=1S/C14H18O4/c1-17-14(16)13-6-4-12(5-7-13)8-11-18-10-3-2-9-15/h4-8,11,15H,2-3,9-10H2,1H3/b11-8+. The number of aliphatic hydroxyl groups excluding tert-OH is 1. The second-order valence-electron chi connectivity index (χ2n) is 3.72. The van der Waals surface area contributed by atoms with Gasteiger partial charge >= 0.3 is 5.97 Å². The number of carbonyl (C=O) groups is 1. The van der Waals surface area contributed by atoms with Gasteiger partial charge in [0.05, 0.1) is 25.5 Å². The van der Waals surface area contributed by atoms with Crippen LogP contribution in [0.5, 0.6) is 0 Å². The summed E-state index contributed by atoms with van der Waals surface area (Å²) in [6.45, 7) is 0.791. The van der Waals surface area contributed by atoms with E-state index >= 15 is 0 Å². The molecule has 0 unspecified atom stereocenters. The first-order chi connectivity index (χ1) is 8.77. The number of esters is 1. The summed E-state index contributed by atoms with van der Waals surface area (Å²) in [7, 11) is 1.36. The molecule has 0 aliphatic heterocycles. The molecule has 0 radical (unpaired) electrons. The molecule has 0 saturated carbocycles. The number of hydrogen-bond acceptors (Lipinski definition) is 4. The SMILES string of the molecule is COC(=O)c1ccc(/C=C/OCCCCO)cc1. The first-order valence-corrected chi connectivity index (χ1v) is 5.85. The van der Waals surface area contributed by atoms with E-state index in [0.29, 0.717) is 12.2 Å². The smallest absolute Gasteiger partial charge is 0.337 e. The van der Waals surface area contributed by atoms with Gasteiger partial charge in [0.2, 0.25) is 0 Å². The van der Waals surface area contributed by atoms with Gasteiger partial charge in [-0.1, -0.05) is 12.1 Å². The number of hydrogen-bond donors (Lipinski definition) is 1. The van der Waals surface area contributed by atoms with Gasteiger partial charge < -0.3 is 14.6 Å². The quantitative estimate of drug-likeness (QED) is 0.458. The highest BCUT2D eigenvalue weighted by Gasteiger charge is 2.02. The Balaban J connectivity index is 2.38. The average molecular weight is 250 g/mol. The number of methoxy groups -OCH3 is 1. The van der Waals surface area contributed by atoms with Crippen molar-refractivity contribution in [3.63, 3.8) is 0 Å². The average Bonchev–Trinajstić information content (AvgIpc) is 2.42. The molecule has 0 spiro atoms. The zero-order valence-electron chi connectivity index (χ0n) is 10.5. The van der Waals surface area contributed by atoms with E-state index in [4.69, 9.17) is 9.84 Å². The molecule has 0 aliphatic rings. The van der Waals surface area contributed by atoms with Crippen molar-refractivity contribution in [1.82, 2.24) is 0 Å². The van der Waals surface area contributed by atoms with Gasteiger partial charge in [-0.25, -0.2) is 4.79 Å². The summed E-state index contributed by atoms with van der Waals surface area (Å²) >= 11 is 0. The van der Waals surface area contributed by atoms with Crippen LogP contribution in [0, 0.1) is 0 Å². The van der Waals surface area contributed by atoms with Crippen molar-refractivity contribution in [2.24, 2.45) is 0 Å². The van der Waals surface area contributed by atoms with Gasteiger partial charge in [-0.3, -0.25) is 0 Å². The molecule has 1 rings (SSSR count). The van der Waals surface area contributed by atoms with Crippen molar-refractivity contribution in [1.29, 1.82) is 0 Å². The molecule has 18 heavy (non-hydrogen) atoms. The summed E-state index contributed by atoms with van der Waals surface area (Å²) in [6.07, 6.45) is 5.02. The lowest BCUT2D eigenvalue weighted by molar-refractivity contribution is 0.0600. The Bertz CT molecular complexity index is 381. The highest BCUT2D eigenvalue weighted by Crippen LogP contribution is 2.07. The number of unbranched alkanes of at least 4 members (excludes halogenated alkanes) is 1. The molecule has 0 amide bonds. The van der Waals surface area contributed by atoms with Gasteiger partial charge in [-0.2, -0.15) is 0 Å². The van der Waals surface area contributed by atoms with Gasteiger partial charge in [0.1, 0.15) is 0 Å². The van der Waals surface area contributed by atoms with E-state index in [0.717, 1.165) is 18.4 Å². The summed E-state index contributed by atoms with van der Waals surface area (Å²) < 4.78 is 9.87. The maximum atomic E-state index is 11.2. The topological polar surface area (TPSA) is 55.8 Å². The molecule has 98 valence electrons. The molecular weight excluding hydrogens is 232 g/mol. The van der Waals surface area contributed by atoms with Crippen molar-refractivity contribution in [3.05, 3.63) is 41.7 Å². The Morgan fingerprint density at radius 3 is 2.61 bits per heavy atom. The van der Waals surface area contributed by atoms with E-state index in [9.17, 15) is 4.79 Å². The van der Waals surface area contributed by atoms with Gasteiger partial charge in [-0.05, 0) is 36.6 Å². The second-order valence-corrected chi connectivity index (χ2v) is 3.72. The number of ether oxygens (including phenoxy) is 2. The maximum absolute atomic E-state index is 11.2. The van der Waals surface area contributed by atoms with Crippen LogP contribution in [-0.2, 0) is 9.47 Å². The fourth-order valence-corrected chi connectivity index (χ4v) is 1.34. The van der Waals surface area contributed by atoms with Gasteiger partial charge in [-0.15, -0.1) is 0 Å². The van der Waals surface area contributed by atoms with E-state index in [1.165, 1.54) is 7.11 Å². The molecule has 0 atom stereocenters. The molecule has 0 heterocycles. The summed E-state index contributed by atoms with van der Waals surface area (Å²) in [5.74, 6) is -0.342. The minimum absolute atomic E-state index is 0.196. The highest BCUT2D eigenvalue weighted by molar-refractivity contribution is 5.89. The maximum Gasteiger partial charge on any atom is 0.337 e. The Morgan fingerprint density at radius 1 is 1.28 bits per heavy atom. The Labute approximate surface area is 107 Å². The fraction of sp³-hybridized carbons (Fsp3) is 0.357. The van der Waals surface area contributed by atoms with Crippen LogP contribution in [0.2, 0.25) is 0 Å². The van der Waals surface area contributed by atoms with E-state index in [2.05, 4.69) is 4.74 Å². The lowest BCUT2D eigenvalue weighted by Crippen LogP contribution is -2.00. The van der Waals surface area contributed by atoms with E-state index in [1.54, 1.807) is 18.4 Å². The van der Waals surface area contributed by atoms with Crippen LogP contribution < -0.4 is 0 Å². The zero-order valence-corrected chi connectivity index (χ0v) is 10.5. The van der Waals surface area contributed by atoms with Crippen LogP contribution in [-0.4, -0.2) is 31.4 Å². The highest BCUT2D eigenvalue weighted by atomic mass is 16.5. The summed E-state index contributed by atoms with van der Waals surface area (Å²) in [6, 6.07) is 7.05. The van der Waals surface area contributed by atoms with Crippen molar-refractivity contribution in [3.8, 4) is 0 Å². The van der Waals surface area contributed by atoms with Gasteiger partial charge in [0.15, 0.2) is 0 Å². The largest absolute Gasteiger partial charge is 0.501 e. The first-order valence-electron chi connectivity index (χ1n) is 5.85. The number of benzene rings is 1. The molecule has 0 fully saturated rings. The minimum Gasteiger partial charge on any atom is -0.501 e. The Kier molecular flexibility index (Phi) is 6.58. The van der Waals surface area contributed by atoms with Crippen LogP contribution in [0.3, 0.4) is 0 Å².